The minimum Gasteiger partial charge on any atom is -0.393 e. The van der Waals surface area contributed by atoms with Gasteiger partial charge in [-0.1, -0.05) is 0 Å². The van der Waals surface area contributed by atoms with Crippen LogP contribution in [0, 0.1) is 0 Å². The molecule has 0 spiro atoms. The van der Waals surface area contributed by atoms with E-state index in [-0.39, 0.29) is 19.3 Å². The smallest absolute Gasteiger partial charge is 0.186 e. The number of ether oxygens (including phenoxy) is 5. The first kappa shape index (κ1) is 19.7. The Bertz CT molecular complexity index is 303. The monoisotopic (exact) mass is 326 g/mol. The first-order chi connectivity index (χ1) is 10.4. The van der Waals surface area contributed by atoms with E-state index in [0.29, 0.717) is 0 Å². The molecule has 1 aliphatic rings. The van der Waals surface area contributed by atoms with Crippen LogP contribution in [0.25, 0.3) is 0 Å². The largest absolute Gasteiger partial charge is 0.393 e. The van der Waals surface area contributed by atoms with Gasteiger partial charge in [-0.05, 0) is 6.92 Å². The zero-order valence-corrected chi connectivity index (χ0v) is 13.0. The highest BCUT2D eigenvalue weighted by Gasteiger charge is 2.41. The molecule has 22 heavy (non-hydrogen) atoms. The SMILES string of the molecule is CO[C@@H]1OC[C@@H](O[C@H](OC[C@H](C)OC)[C@@H](O)CO)C(O)C1O. The van der Waals surface area contributed by atoms with Crippen LogP contribution < -0.4 is 0 Å². The van der Waals surface area contributed by atoms with Crippen molar-refractivity contribution in [3.05, 3.63) is 0 Å². The van der Waals surface area contributed by atoms with Crippen molar-refractivity contribution in [2.45, 2.75) is 50.0 Å². The molecule has 9 heteroatoms. The Morgan fingerprint density at radius 1 is 1.23 bits per heavy atom. The van der Waals surface area contributed by atoms with E-state index in [0.717, 1.165) is 0 Å². The fourth-order valence-electron chi connectivity index (χ4n) is 1.89. The predicted molar refractivity (Wildman–Crippen MR) is 72.9 cm³/mol. The minimum atomic E-state index is -1.31. The summed E-state index contributed by atoms with van der Waals surface area (Å²) in [6, 6.07) is 0. The highest BCUT2D eigenvalue weighted by Crippen LogP contribution is 2.20. The van der Waals surface area contributed by atoms with Crippen molar-refractivity contribution in [3.8, 4) is 0 Å². The average Bonchev–Trinajstić information content (AvgIpc) is 2.54. The van der Waals surface area contributed by atoms with Gasteiger partial charge in [0, 0.05) is 14.2 Å². The summed E-state index contributed by atoms with van der Waals surface area (Å²) in [5.74, 6) is 0. The number of aliphatic hydroxyl groups excluding tert-OH is 4. The van der Waals surface area contributed by atoms with Crippen molar-refractivity contribution < 1.29 is 44.1 Å². The minimum absolute atomic E-state index is 0.0609. The molecule has 4 N–H and O–H groups in total. The van der Waals surface area contributed by atoms with Gasteiger partial charge >= 0.3 is 0 Å². The van der Waals surface area contributed by atoms with Crippen LogP contribution in [0.5, 0.6) is 0 Å². The summed E-state index contributed by atoms with van der Waals surface area (Å²) >= 11 is 0. The van der Waals surface area contributed by atoms with E-state index in [1.165, 1.54) is 14.2 Å². The molecule has 0 amide bonds. The molecule has 0 aromatic heterocycles. The van der Waals surface area contributed by atoms with E-state index >= 15 is 0 Å². The van der Waals surface area contributed by atoms with Crippen molar-refractivity contribution in [2.75, 3.05) is 34.0 Å². The lowest BCUT2D eigenvalue weighted by Gasteiger charge is -2.38. The molecule has 7 atom stereocenters. The summed E-state index contributed by atoms with van der Waals surface area (Å²) in [6.45, 7) is 1.23. The van der Waals surface area contributed by atoms with Crippen molar-refractivity contribution in [1.29, 1.82) is 0 Å². The molecular formula is C13H26O9. The van der Waals surface area contributed by atoms with E-state index in [1.807, 2.05) is 0 Å². The zero-order chi connectivity index (χ0) is 16.7. The normalized spacial score (nSPS) is 33.4. The first-order valence-corrected chi connectivity index (χ1v) is 7.03. The summed E-state index contributed by atoms with van der Waals surface area (Å²) in [7, 11) is 2.85. The molecule has 9 nitrogen and oxygen atoms in total. The van der Waals surface area contributed by atoms with E-state index in [1.54, 1.807) is 6.92 Å². The van der Waals surface area contributed by atoms with Gasteiger partial charge in [-0.3, -0.25) is 0 Å². The third-order valence-corrected chi connectivity index (χ3v) is 3.37. The van der Waals surface area contributed by atoms with E-state index in [9.17, 15) is 15.3 Å². The lowest BCUT2D eigenvalue weighted by Crippen LogP contribution is -2.56. The van der Waals surface area contributed by atoms with Crippen LogP contribution in [0.1, 0.15) is 6.92 Å². The Kier molecular flexibility index (Phi) is 8.69. The van der Waals surface area contributed by atoms with Gasteiger partial charge in [-0.25, -0.2) is 0 Å². The Labute approximate surface area is 129 Å². The molecule has 0 aliphatic carbocycles. The zero-order valence-electron chi connectivity index (χ0n) is 13.0. The quantitative estimate of drug-likeness (QED) is 0.350. The molecule has 1 saturated heterocycles. The van der Waals surface area contributed by atoms with Gasteiger partial charge in [-0.15, -0.1) is 0 Å². The maximum Gasteiger partial charge on any atom is 0.186 e. The van der Waals surface area contributed by atoms with Gasteiger partial charge in [0.15, 0.2) is 12.6 Å². The third-order valence-electron chi connectivity index (χ3n) is 3.37. The van der Waals surface area contributed by atoms with Gasteiger partial charge in [0.1, 0.15) is 24.4 Å². The molecule has 1 rings (SSSR count). The summed E-state index contributed by atoms with van der Waals surface area (Å²) < 4.78 is 25.9. The van der Waals surface area contributed by atoms with Gasteiger partial charge in [0.25, 0.3) is 0 Å². The van der Waals surface area contributed by atoms with E-state index < -0.39 is 43.6 Å². The average molecular weight is 326 g/mol. The van der Waals surface area contributed by atoms with E-state index in [2.05, 4.69) is 0 Å². The molecule has 132 valence electrons. The molecule has 0 aromatic rings. The standard InChI is InChI=1S/C13H26O9/c1-7(18-2)5-20-12(8(15)4-14)22-9-6-21-13(19-3)11(17)10(9)16/h7-17H,4-6H2,1-3H3/t7-,8-,9+,10?,11?,12-,13+/m0/s1. The Balaban J connectivity index is 2.61. The third kappa shape index (κ3) is 5.37. The number of aliphatic hydroxyl groups is 4. The molecule has 1 fully saturated rings. The highest BCUT2D eigenvalue weighted by molar-refractivity contribution is 4.84. The molecule has 0 saturated carbocycles. The molecule has 1 aliphatic heterocycles. The second-order valence-electron chi connectivity index (χ2n) is 5.09. The maximum atomic E-state index is 10.0. The highest BCUT2D eigenvalue weighted by atomic mass is 16.7. The number of hydrogen-bond acceptors (Lipinski definition) is 9. The fourth-order valence-corrected chi connectivity index (χ4v) is 1.89. The second-order valence-corrected chi connectivity index (χ2v) is 5.09. The first-order valence-electron chi connectivity index (χ1n) is 7.03. The summed E-state index contributed by atoms with van der Waals surface area (Å²) in [5.41, 5.74) is 0. The topological polar surface area (TPSA) is 127 Å². The number of methoxy groups -OCH3 is 2. The Hall–Kier alpha value is -0.360. The summed E-state index contributed by atoms with van der Waals surface area (Å²) in [4.78, 5) is 0. The summed E-state index contributed by atoms with van der Waals surface area (Å²) in [5, 5.41) is 38.6. The van der Waals surface area contributed by atoms with Crippen molar-refractivity contribution >= 4 is 0 Å². The number of hydrogen-bond donors (Lipinski definition) is 4. The van der Waals surface area contributed by atoms with Crippen LogP contribution in [-0.4, -0.2) is 97.6 Å². The van der Waals surface area contributed by atoms with Gasteiger partial charge in [0.2, 0.25) is 0 Å². The summed E-state index contributed by atoms with van der Waals surface area (Å²) in [6.07, 6.45) is -7.22. The van der Waals surface area contributed by atoms with Crippen LogP contribution in [-0.2, 0) is 23.7 Å². The van der Waals surface area contributed by atoms with Crippen molar-refractivity contribution in [3.63, 3.8) is 0 Å². The maximum absolute atomic E-state index is 10.0. The Morgan fingerprint density at radius 2 is 1.91 bits per heavy atom. The van der Waals surface area contributed by atoms with Gasteiger partial charge in [-0.2, -0.15) is 0 Å². The lowest BCUT2D eigenvalue weighted by atomic mass is 10.1. The molecule has 0 bridgehead atoms. The molecular weight excluding hydrogens is 300 g/mol. The van der Waals surface area contributed by atoms with Crippen molar-refractivity contribution in [2.24, 2.45) is 0 Å². The van der Waals surface area contributed by atoms with Crippen LogP contribution in [0.4, 0.5) is 0 Å². The molecule has 2 unspecified atom stereocenters. The predicted octanol–water partition coefficient (Wildman–Crippen LogP) is -2.17. The molecule has 0 aromatic carbocycles. The van der Waals surface area contributed by atoms with Crippen LogP contribution in [0.15, 0.2) is 0 Å². The Morgan fingerprint density at radius 3 is 2.45 bits per heavy atom. The van der Waals surface area contributed by atoms with Crippen LogP contribution in [0.3, 0.4) is 0 Å². The fraction of sp³-hybridized carbons (Fsp3) is 1.00. The molecule has 1 heterocycles. The van der Waals surface area contributed by atoms with E-state index in [4.69, 9.17) is 28.8 Å². The van der Waals surface area contributed by atoms with Crippen LogP contribution >= 0.6 is 0 Å². The second kappa shape index (κ2) is 9.71. The molecule has 0 radical (unpaired) electrons. The lowest BCUT2D eigenvalue weighted by molar-refractivity contribution is -0.307. The number of rotatable bonds is 9. The van der Waals surface area contributed by atoms with Gasteiger partial charge < -0.3 is 44.1 Å². The van der Waals surface area contributed by atoms with Gasteiger partial charge in [0.05, 0.1) is 25.9 Å². The van der Waals surface area contributed by atoms with Crippen LogP contribution in [0.2, 0.25) is 0 Å². The van der Waals surface area contributed by atoms with Crippen molar-refractivity contribution in [1.82, 2.24) is 0 Å².